The Morgan fingerprint density at radius 1 is 0.576 bits per heavy atom. The molecule has 1 unspecified atom stereocenters. The lowest BCUT2D eigenvalue weighted by Crippen LogP contribution is -2.39. The predicted octanol–water partition coefficient (Wildman–Crippen LogP) is 12.5. The number of azo groups is 3. The summed E-state index contributed by atoms with van der Waals surface area (Å²) in [5, 5.41) is 34.4. The van der Waals surface area contributed by atoms with Gasteiger partial charge >= 0.3 is 11.9 Å². The Hall–Kier alpha value is -7.07. The zero-order valence-electron chi connectivity index (χ0n) is 33.9. The minimum absolute atomic E-state index is 0.0357. The van der Waals surface area contributed by atoms with Crippen molar-refractivity contribution in [3.63, 3.8) is 0 Å². The molecule has 0 aliphatic heterocycles. The van der Waals surface area contributed by atoms with Gasteiger partial charge in [-0.1, -0.05) is 25.1 Å². The highest BCUT2D eigenvalue weighted by molar-refractivity contribution is 5.80. The van der Waals surface area contributed by atoms with Crippen LogP contribution >= 0.6 is 0 Å². The zero-order chi connectivity index (χ0) is 42.1. The zero-order valence-corrected chi connectivity index (χ0v) is 33.9. The topological polar surface area (TPSA) is 169 Å². The number of benzene rings is 5. The second-order valence-corrected chi connectivity index (χ2v) is 14.5. The molecule has 5 aromatic rings. The van der Waals surface area contributed by atoms with Crippen molar-refractivity contribution in [3.05, 3.63) is 132 Å². The number of hydrogen-bond acceptors (Lipinski definition) is 13. The number of nitriles is 1. The molecule has 5 aromatic carbocycles. The van der Waals surface area contributed by atoms with Crippen LogP contribution in [0.4, 0.5) is 34.1 Å². The summed E-state index contributed by atoms with van der Waals surface area (Å²) in [6.45, 7) is 9.48. The van der Waals surface area contributed by atoms with Gasteiger partial charge in [0.05, 0.1) is 56.6 Å². The molecular formula is C46H47N7O6. The molecule has 0 N–H and O–H groups in total. The molecule has 0 heterocycles. The Kier molecular flexibility index (Phi) is 15.3. The molecule has 0 aromatic heterocycles. The summed E-state index contributed by atoms with van der Waals surface area (Å²) in [6.07, 6.45) is 0.696. The number of carbonyl (C=O) groups is 2. The first-order valence-electron chi connectivity index (χ1n) is 19.2. The highest BCUT2D eigenvalue weighted by Crippen LogP contribution is 2.38. The van der Waals surface area contributed by atoms with Crippen molar-refractivity contribution in [2.45, 2.75) is 47.5 Å². The normalized spacial score (nSPS) is 12.6. The van der Waals surface area contributed by atoms with Crippen molar-refractivity contribution in [1.82, 2.24) is 0 Å². The monoisotopic (exact) mass is 793 g/mol. The minimum atomic E-state index is -0.962. The van der Waals surface area contributed by atoms with Crippen molar-refractivity contribution in [2.24, 2.45) is 41.5 Å². The van der Waals surface area contributed by atoms with Crippen LogP contribution in [0, 0.1) is 29.1 Å². The molecule has 302 valence electrons. The van der Waals surface area contributed by atoms with Crippen LogP contribution in [0.25, 0.3) is 0 Å². The summed E-state index contributed by atoms with van der Waals surface area (Å²) in [4.78, 5) is 26.4. The molecule has 13 nitrogen and oxygen atoms in total. The van der Waals surface area contributed by atoms with Crippen LogP contribution in [0.1, 0.15) is 51.7 Å². The van der Waals surface area contributed by atoms with Crippen LogP contribution in [0.15, 0.2) is 152 Å². The van der Waals surface area contributed by atoms with Crippen LogP contribution in [0.3, 0.4) is 0 Å². The van der Waals surface area contributed by atoms with Crippen molar-refractivity contribution in [3.8, 4) is 17.6 Å². The largest absolute Gasteiger partial charge is 0.490 e. The Labute approximate surface area is 344 Å². The van der Waals surface area contributed by atoms with Crippen molar-refractivity contribution >= 4 is 46.1 Å². The summed E-state index contributed by atoms with van der Waals surface area (Å²) in [5.41, 5.74) is 3.61. The van der Waals surface area contributed by atoms with Crippen molar-refractivity contribution in [1.29, 1.82) is 5.26 Å². The van der Waals surface area contributed by atoms with Gasteiger partial charge in [-0.15, -0.1) is 0 Å². The van der Waals surface area contributed by atoms with Gasteiger partial charge < -0.3 is 18.9 Å². The quantitative estimate of drug-likeness (QED) is 0.0455. The van der Waals surface area contributed by atoms with E-state index in [-0.39, 0.29) is 32.8 Å². The van der Waals surface area contributed by atoms with Crippen molar-refractivity contribution in [2.75, 3.05) is 26.4 Å². The molecule has 0 fully saturated rings. The SMILES string of the molecule is CCC(C)(CC(C)(C)C(=O)OCCOc1ccc(/N=N/c2ccc(C#N)cc2)cc1)C(=O)OCCOc1ccc(/N=N/c2ccc(/N=N/c3ccccc3)cc2)cc1C. The third kappa shape index (κ3) is 13.2. The number of hydrogen-bond donors (Lipinski definition) is 0. The van der Waals surface area contributed by atoms with Gasteiger partial charge in [0.25, 0.3) is 0 Å². The molecule has 0 saturated carbocycles. The molecule has 0 spiro atoms. The van der Waals surface area contributed by atoms with Crippen LogP contribution in [-0.4, -0.2) is 38.4 Å². The Balaban J connectivity index is 1.01. The van der Waals surface area contributed by atoms with Crippen LogP contribution in [0.2, 0.25) is 0 Å². The lowest BCUT2D eigenvalue weighted by Gasteiger charge is -2.33. The van der Waals surface area contributed by atoms with E-state index < -0.39 is 22.8 Å². The summed E-state index contributed by atoms with van der Waals surface area (Å²) >= 11 is 0. The van der Waals surface area contributed by atoms with Crippen LogP contribution < -0.4 is 9.47 Å². The fourth-order valence-electron chi connectivity index (χ4n) is 5.83. The standard InChI is InChI=1S/C46H47N7O6/c1-6-46(5,32-45(3,4)43(54)58-28-26-56-41-23-20-39(21-24-41)51-49-36-14-12-34(31-47)13-15-36)44(55)59-29-27-57-42-25-22-40(30-33(42)2)53-52-38-18-16-37(17-19-38)50-48-35-10-8-7-9-11-35/h7-25,30H,6,26-29,32H2,1-5H3/b50-48+,51-49+,53-52+. The minimum Gasteiger partial charge on any atom is -0.490 e. The molecule has 13 heteroatoms. The smallest absolute Gasteiger partial charge is 0.311 e. The molecule has 1 atom stereocenters. The molecule has 0 aliphatic rings. The van der Waals surface area contributed by atoms with Gasteiger partial charge in [0, 0.05) is 0 Å². The van der Waals surface area contributed by atoms with E-state index in [1.54, 1.807) is 81.4 Å². The third-order valence-corrected chi connectivity index (χ3v) is 9.26. The van der Waals surface area contributed by atoms with Crippen LogP contribution in [0.5, 0.6) is 11.5 Å². The maximum Gasteiger partial charge on any atom is 0.311 e. The highest BCUT2D eigenvalue weighted by Gasteiger charge is 2.43. The fraction of sp³-hybridized carbons (Fsp3) is 0.283. The van der Waals surface area contributed by atoms with Gasteiger partial charge in [0.15, 0.2) is 0 Å². The van der Waals surface area contributed by atoms with E-state index >= 15 is 0 Å². The predicted molar refractivity (Wildman–Crippen MR) is 224 cm³/mol. The first-order valence-corrected chi connectivity index (χ1v) is 19.2. The lowest BCUT2D eigenvalue weighted by molar-refractivity contribution is -0.164. The highest BCUT2D eigenvalue weighted by atomic mass is 16.6. The van der Waals surface area contributed by atoms with Crippen LogP contribution in [-0.2, 0) is 19.1 Å². The molecule has 0 aliphatic carbocycles. The van der Waals surface area contributed by atoms with E-state index in [0.29, 0.717) is 51.9 Å². The second-order valence-electron chi connectivity index (χ2n) is 14.5. The van der Waals surface area contributed by atoms with Gasteiger partial charge in [-0.05, 0) is 149 Å². The fourth-order valence-corrected chi connectivity index (χ4v) is 5.83. The Morgan fingerprint density at radius 2 is 1.03 bits per heavy atom. The van der Waals surface area contributed by atoms with Gasteiger partial charge in [0.2, 0.25) is 0 Å². The second kappa shape index (κ2) is 20.9. The van der Waals surface area contributed by atoms with E-state index in [1.807, 2.05) is 74.5 Å². The molecule has 5 rings (SSSR count). The Morgan fingerprint density at radius 3 is 1.56 bits per heavy atom. The summed E-state index contributed by atoms with van der Waals surface area (Å²) < 4.78 is 22.8. The van der Waals surface area contributed by atoms with Crippen molar-refractivity contribution < 1.29 is 28.5 Å². The van der Waals surface area contributed by atoms with Gasteiger partial charge in [-0.2, -0.15) is 35.9 Å². The third-order valence-electron chi connectivity index (χ3n) is 9.26. The summed E-state index contributed by atoms with van der Waals surface area (Å²) in [5.74, 6) is 0.374. The summed E-state index contributed by atoms with van der Waals surface area (Å²) in [7, 11) is 0. The van der Waals surface area contributed by atoms with Gasteiger partial charge in [-0.25, -0.2) is 0 Å². The molecule has 0 amide bonds. The number of carbonyl (C=O) groups excluding carboxylic acids is 2. The maximum absolute atomic E-state index is 13.3. The average Bonchev–Trinajstić information content (AvgIpc) is 3.25. The van der Waals surface area contributed by atoms with Gasteiger partial charge in [0.1, 0.15) is 37.9 Å². The number of rotatable bonds is 19. The molecule has 0 radical (unpaired) electrons. The number of esters is 2. The first kappa shape index (κ1) is 43.1. The first-order chi connectivity index (χ1) is 28.5. The summed E-state index contributed by atoms with van der Waals surface area (Å²) in [6, 6.07) is 38.2. The molecule has 59 heavy (non-hydrogen) atoms. The van der Waals surface area contributed by atoms with E-state index in [9.17, 15) is 9.59 Å². The Bertz CT molecular complexity index is 2290. The average molecular weight is 794 g/mol. The van der Waals surface area contributed by atoms with E-state index in [1.165, 1.54) is 0 Å². The lowest BCUT2D eigenvalue weighted by atomic mass is 9.72. The van der Waals surface area contributed by atoms with E-state index in [4.69, 9.17) is 24.2 Å². The maximum atomic E-state index is 13.3. The van der Waals surface area contributed by atoms with E-state index in [2.05, 4.69) is 36.8 Å². The molecular weight excluding hydrogens is 747 g/mol. The number of ether oxygens (including phenoxy) is 4. The molecule has 0 bridgehead atoms. The number of nitrogens with zero attached hydrogens (tertiary/aromatic N) is 7. The van der Waals surface area contributed by atoms with Gasteiger partial charge in [-0.3, -0.25) is 9.59 Å². The number of aryl methyl sites for hydroxylation is 1. The van der Waals surface area contributed by atoms with E-state index in [0.717, 1.165) is 11.3 Å². The molecule has 0 saturated heterocycles.